The van der Waals surface area contributed by atoms with Crippen molar-refractivity contribution in [3.8, 4) is 21.8 Å². The number of rotatable bonds is 6. The molecule has 0 unspecified atom stereocenters. The summed E-state index contributed by atoms with van der Waals surface area (Å²) < 4.78 is 0. The topological polar surface area (TPSA) is 95.5 Å². The molecule has 0 fully saturated rings. The highest BCUT2D eigenvalue weighted by atomic mass is 32.1. The van der Waals surface area contributed by atoms with Gasteiger partial charge in [0.25, 0.3) is 0 Å². The predicted octanol–water partition coefficient (Wildman–Crippen LogP) is 5.03. The number of pyridine rings is 2. The number of H-pyrrole nitrogens is 2. The molecule has 8 heteroatoms. The summed E-state index contributed by atoms with van der Waals surface area (Å²) in [4.78, 5) is 23.9. The van der Waals surface area contributed by atoms with Gasteiger partial charge in [-0.1, -0.05) is 19.1 Å². The first-order valence-corrected chi connectivity index (χ1v) is 11.0. The first-order valence-electron chi connectivity index (χ1n) is 10.1. The minimum Gasteiger partial charge on any atom is -0.336 e. The molecule has 7 nitrogen and oxygen atoms in total. The van der Waals surface area contributed by atoms with Gasteiger partial charge in [0.05, 0.1) is 28.0 Å². The lowest BCUT2D eigenvalue weighted by molar-refractivity contribution is 0.928. The number of aliphatic imine (C=N–C) groups is 1. The van der Waals surface area contributed by atoms with Crippen LogP contribution in [-0.4, -0.2) is 42.4 Å². The van der Waals surface area contributed by atoms with Crippen LogP contribution in [0.15, 0.2) is 59.3 Å². The SMILES string of the molecule is CCC/N=C(/c1nc2c(-c3cccs3)nccc2[nH]1)c1nc(-c2cn[nH]c2)ccc1C. The monoisotopic (exact) mass is 427 g/mol. The highest BCUT2D eigenvalue weighted by Crippen LogP contribution is 2.29. The maximum atomic E-state index is 4.93. The molecule has 0 aliphatic carbocycles. The number of fused-ring (bicyclic) bond motifs is 1. The van der Waals surface area contributed by atoms with E-state index in [2.05, 4.69) is 39.2 Å². The average molecular weight is 428 g/mol. The van der Waals surface area contributed by atoms with E-state index in [0.717, 1.165) is 56.3 Å². The zero-order valence-corrected chi connectivity index (χ0v) is 18.1. The molecule has 5 aromatic heterocycles. The van der Waals surface area contributed by atoms with E-state index in [4.69, 9.17) is 15.0 Å². The second-order valence-electron chi connectivity index (χ2n) is 7.20. The van der Waals surface area contributed by atoms with E-state index in [0.29, 0.717) is 12.4 Å². The van der Waals surface area contributed by atoms with Crippen molar-refractivity contribution in [3.63, 3.8) is 0 Å². The van der Waals surface area contributed by atoms with Gasteiger partial charge in [0, 0.05) is 24.5 Å². The maximum Gasteiger partial charge on any atom is 0.159 e. The largest absolute Gasteiger partial charge is 0.336 e. The summed E-state index contributed by atoms with van der Waals surface area (Å²) >= 11 is 1.65. The first kappa shape index (κ1) is 19.3. The van der Waals surface area contributed by atoms with Gasteiger partial charge in [-0.15, -0.1) is 11.3 Å². The van der Waals surface area contributed by atoms with E-state index >= 15 is 0 Å². The van der Waals surface area contributed by atoms with Crippen molar-refractivity contribution in [2.75, 3.05) is 6.54 Å². The minimum absolute atomic E-state index is 0.694. The van der Waals surface area contributed by atoms with Crippen molar-refractivity contribution in [1.29, 1.82) is 0 Å². The van der Waals surface area contributed by atoms with E-state index in [-0.39, 0.29) is 0 Å². The van der Waals surface area contributed by atoms with Crippen molar-refractivity contribution >= 4 is 28.1 Å². The van der Waals surface area contributed by atoms with Crippen LogP contribution in [0.1, 0.15) is 30.4 Å². The number of hydrogen-bond acceptors (Lipinski definition) is 6. The third-order valence-corrected chi connectivity index (χ3v) is 5.87. The molecule has 31 heavy (non-hydrogen) atoms. The van der Waals surface area contributed by atoms with Gasteiger partial charge in [0.15, 0.2) is 5.82 Å². The quantitative estimate of drug-likeness (QED) is 0.372. The van der Waals surface area contributed by atoms with Crippen molar-refractivity contribution in [3.05, 3.63) is 71.4 Å². The Hall–Kier alpha value is -3.65. The smallest absolute Gasteiger partial charge is 0.159 e. The molecule has 0 radical (unpaired) electrons. The fourth-order valence-electron chi connectivity index (χ4n) is 3.45. The zero-order valence-electron chi connectivity index (χ0n) is 17.3. The van der Waals surface area contributed by atoms with Crippen LogP contribution in [0.2, 0.25) is 0 Å². The Morgan fingerprint density at radius 1 is 1.16 bits per heavy atom. The third kappa shape index (κ3) is 3.66. The molecule has 0 aromatic carbocycles. The number of nitrogens with zero attached hydrogens (tertiary/aromatic N) is 5. The molecule has 2 N–H and O–H groups in total. The van der Waals surface area contributed by atoms with Crippen molar-refractivity contribution in [2.45, 2.75) is 20.3 Å². The Kier molecular flexibility index (Phi) is 5.13. The van der Waals surface area contributed by atoms with E-state index in [9.17, 15) is 0 Å². The summed E-state index contributed by atoms with van der Waals surface area (Å²) in [6.45, 7) is 4.85. The number of hydrogen-bond donors (Lipinski definition) is 2. The van der Waals surface area contributed by atoms with E-state index in [1.54, 1.807) is 17.5 Å². The molecule has 5 aromatic rings. The molecule has 0 amide bonds. The van der Waals surface area contributed by atoms with Crippen molar-refractivity contribution < 1.29 is 0 Å². The number of nitrogens with one attached hydrogen (secondary N) is 2. The van der Waals surface area contributed by atoms with Crippen LogP contribution >= 0.6 is 11.3 Å². The maximum absolute atomic E-state index is 4.93. The van der Waals surface area contributed by atoms with Gasteiger partial charge in [-0.25, -0.2) is 9.97 Å². The summed E-state index contributed by atoms with van der Waals surface area (Å²) in [6, 6.07) is 10.1. The van der Waals surface area contributed by atoms with Crippen LogP contribution in [-0.2, 0) is 0 Å². The van der Waals surface area contributed by atoms with Gasteiger partial charge in [0.1, 0.15) is 16.9 Å². The van der Waals surface area contributed by atoms with Gasteiger partial charge in [0.2, 0.25) is 0 Å². The molecule has 0 aliphatic heterocycles. The summed E-state index contributed by atoms with van der Waals surface area (Å²) in [5, 5.41) is 8.94. The van der Waals surface area contributed by atoms with Crippen LogP contribution in [0.3, 0.4) is 0 Å². The second kappa shape index (κ2) is 8.23. The van der Waals surface area contributed by atoms with Gasteiger partial charge in [-0.2, -0.15) is 5.10 Å². The number of imidazole rings is 1. The molecule has 5 heterocycles. The Balaban J connectivity index is 1.66. The van der Waals surface area contributed by atoms with Gasteiger partial charge in [-0.3, -0.25) is 15.1 Å². The molecule has 0 saturated heterocycles. The molecular weight excluding hydrogens is 406 g/mol. The number of aromatic nitrogens is 6. The molecule has 0 atom stereocenters. The predicted molar refractivity (Wildman–Crippen MR) is 125 cm³/mol. The Morgan fingerprint density at radius 3 is 2.87 bits per heavy atom. The van der Waals surface area contributed by atoms with Crippen molar-refractivity contribution in [2.24, 2.45) is 4.99 Å². The fourth-order valence-corrected chi connectivity index (χ4v) is 4.17. The molecule has 5 rings (SSSR count). The van der Waals surface area contributed by atoms with Gasteiger partial charge in [-0.05, 0) is 42.5 Å². The molecule has 0 aliphatic rings. The normalized spacial score (nSPS) is 12.0. The highest BCUT2D eigenvalue weighted by Gasteiger charge is 2.19. The zero-order chi connectivity index (χ0) is 21.2. The van der Waals surface area contributed by atoms with Crippen molar-refractivity contribution in [1.82, 2.24) is 30.1 Å². The Labute approximate surface area is 183 Å². The summed E-state index contributed by atoms with van der Waals surface area (Å²) in [6.07, 6.45) is 6.35. The fraction of sp³-hybridized carbons (Fsp3) is 0.174. The molecule has 0 spiro atoms. The minimum atomic E-state index is 0.694. The average Bonchev–Trinajstić information content (AvgIpc) is 3.56. The van der Waals surface area contributed by atoms with Crippen LogP contribution < -0.4 is 0 Å². The number of aromatic amines is 2. The van der Waals surface area contributed by atoms with Gasteiger partial charge < -0.3 is 4.98 Å². The number of thiophene rings is 1. The van der Waals surface area contributed by atoms with Gasteiger partial charge >= 0.3 is 0 Å². The Morgan fingerprint density at radius 2 is 2.10 bits per heavy atom. The summed E-state index contributed by atoms with van der Waals surface area (Å²) in [5.74, 6) is 0.703. The van der Waals surface area contributed by atoms with Crippen LogP contribution in [0.4, 0.5) is 0 Å². The van der Waals surface area contributed by atoms with E-state index in [1.807, 2.05) is 42.9 Å². The molecule has 0 bridgehead atoms. The Bertz CT molecular complexity index is 1350. The standard InChI is InChI=1S/C23H21N7S/c1-3-9-24-22(19-14(2)6-7-16(28-19)15-12-26-27-13-15)23-29-17-8-10-25-21(20(17)30-23)18-5-4-11-31-18/h4-8,10-13H,3,9H2,1-2H3,(H,26,27)(H,29,30)/b24-22+. The third-order valence-electron chi connectivity index (χ3n) is 4.99. The highest BCUT2D eigenvalue weighted by molar-refractivity contribution is 7.13. The van der Waals surface area contributed by atoms with Crippen LogP contribution in [0.25, 0.3) is 32.9 Å². The lowest BCUT2D eigenvalue weighted by atomic mass is 10.1. The second-order valence-corrected chi connectivity index (χ2v) is 8.15. The van der Waals surface area contributed by atoms with Crippen LogP contribution in [0, 0.1) is 6.92 Å². The lowest BCUT2D eigenvalue weighted by Crippen LogP contribution is -2.11. The molecular formula is C23H21N7S. The molecule has 0 saturated carbocycles. The summed E-state index contributed by atoms with van der Waals surface area (Å²) in [5.41, 5.74) is 7.05. The van der Waals surface area contributed by atoms with E-state index < -0.39 is 0 Å². The van der Waals surface area contributed by atoms with Crippen LogP contribution in [0.5, 0.6) is 0 Å². The molecule has 154 valence electrons. The lowest BCUT2D eigenvalue weighted by Gasteiger charge is -2.09. The number of aryl methyl sites for hydroxylation is 1. The summed E-state index contributed by atoms with van der Waals surface area (Å²) in [7, 11) is 0. The van der Waals surface area contributed by atoms with E-state index in [1.165, 1.54) is 0 Å². The first-order chi connectivity index (χ1) is 15.2.